The average molecular weight is 395 g/mol. The second-order valence-corrected chi connectivity index (χ2v) is 10.4. The molecule has 26 heavy (non-hydrogen) atoms. The van der Waals surface area contributed by atoms with Gasteiger partial charge < -0.3 is 0 Å². The maximum absolute atomic E-state index is 12.7. The molecule has 2 heterocycles. The first-order valence-corrected chi connectivity index (χ1v) is 11.3. The molecule has 142 valence electrons. The molecule has 0 aromatic heterocycles. The van der Waals surface area contributed by atoms with E-state index < -0.39 is 10.0 Å². The van der Waals surface area contributed by atoms with Crippen molar-refractivity contribution in [3.63, 3.8) is 0 Å². The monoisotopic (exact) mass is 394 g/mol. The van der Waals surface area contributed by atoms with Crippen LogP contribution in [0, 0.1) is 0 Å². The van der Waals surface area contributed by atoms with E-state index in [1.165, 1.54) is 0 Å². The van der Waals surface area contributed by atoms with Gasteiger partial charge in [0.1, 0.15) is 0 Å². The quantitative estimate of drug-likeness (QED) is 0.855. The Morgan fingerprint density at radius 1 is 1.12 bits per heavy atom. The summed E-state index contributed by atoms with van der Waals surface area (Å²) in [6.45, 7) is 7.37. The highest BCUT2D eigenvalue weighted by Gasteiger charge is 2.26. The number of hydrazone groups is 1. The molecule has 2 aliphatic rings. The Bertz CT molecular complexity index is 803. The molecule has 0 saturated carbocycles. The molecule has 1 aromatic rings. The Morgan fingerprint density at radius 3 is 2.31 bits per heavy atom. The highest BCUT2D eigenvalue weighted by atomic mass is 32.2. The number of nitrogens with one attached hydrogen (secondary N) is 1. The summed E-state index contributed by atoms with van der Waals surface area (Å²) < 4.78 is 27.0. The average Bonchev–Trinajstić information content (AvgIpc) is 2.62. The highest BCUT2D eigenvalue weighted by Crippen LogP contribution is 2.22. The van der Waals surface area contributed by atoms with E-state index in [2.05, 4.69) is 15.5 Å². The fraction of sp³-hybridized carbons (Fsp3) is 0.556. The second-order valence-electron chi connectivity index (χ2n) is 7.54. The van der Waals surface area contributed by atoms with Gasteiger partial charge in [0.25, 0.3) is 0 Å². The number of rotatable bonds is 3. The zero-order valence-corrected chi connectivity index (χ0v) is 17.2. The van der Waals surface area contributed by atoms with Crippen molar-refractivity contribution < 1.29 is 8.42 Å². The SMILES string of the molecule is CC(C)(C)N=C1NN=C(c2ccc(S(=O)(=O)N3CCCCC3)cc2)CS1. The van der Waals surface area contributed by atoms with Crippen LogP contribution in [0.3, 0.4) is 0 Å². The number of hydrogen-bond donors (Lipinski definition) is 1. The van der Waals surface area contributed by atoms with Crippen molar-refractivity contribution in [3.8, 4) is 0 Å². The normalized spacial score (nSPS) is 21.3. The molecule has 6 nitrogen and oxygen atoms in total. The van der Waals surface area contributed by atoms with Gasteiger partial charge in [0.15, 0.2) is 5.17 Å². The number of benzene rings is 1. The van der Waals surface area contributed by atoms with Crippen LogP contribution < -0.4 is 5.43 Å². The summed E-state index contributed by atoms with van der Waals surface area (Å²) in [6, 6.07) is 7.05. The molecule has 0 amide bonds. The molecule has 2 aliphatic heterocycles. The molecule has 0 bridgehead atoms. The zero-order chi connectivity index (χ0) is 18.8. The number of hydrogen-bond acceptors (Lipinski definition) is 5. The first kappa shape index (κ1) is 19.4. The van der Waals surface area contributed by atoms with E-state index in [0.29, 0.717) is 23.7 Å². The van der Waals surface area contributed by atoms with Gasteiger partial charge in [0.05, 0.1) is 16.1 Å². The Labute approximate surface area is 160 Å². The summed E-state index contributed by atoms with van der Waals surface area (Å²) in [7, 11) is -3.39. The van der Waals surface area contributed by atoms with Crippen LogP contribution in [-0.2, 0) is 10.0 Å². The van der Waals surface area contributed by atoms with Crippen LogP contribution in [0.15, 0.2) is 39.3 Å². The van der Waals surface area contributed by atoms with E-state index >= 15 is 0 Å². The zero-order valence-electron chi connectivity index (χ0n) is 15.5. The number of piperidine rings is 1. The predicted octanol–water partition coefficient (Wildman–Crippen LogP) is 3.06. The van der Waals surface area contributed by atoms with Crippen molar-refractivity contribution >= 4 is 32.7 Å². The molecule has 0 radical (unpaired) electrons. The fourth-order valence-electron chi connectivity index (χ4n) is 2.90. The molecular formula is C18H26N4O2S2. The standard InChI is InChI=1S/C18H26N4O2S2/c1-18(2,3)19-17-21-20-16(13-25-17)14-7-9-15(10-8-14)26(23,24)22-11-5-4-6-12-22/h7-10H,4-6,11-13H2,1-3H3,(H,19,21). The van der Waals surface area contributed by atoms with Gasteiger partial charge in [0, 0.05) is 18.8 Å². The predicted molar refractivity (Wildman–Crippen MR) is 108 cm³/mol. The van der Waals surface area contributed by atoms with Crippen LogP contribution in [-0.4, -0.2) is 48.0 Å². The van der Waals surface area contributed by atoms with Gasteiger partial charge in [-0.3, -0.25) is 10.4 Å². The fourth-order valence-corrected chi connectivity index (χ4v) is 5.37. The van der Waals surface area contributed by atoms with Crippen molar-refractivity contribution in [1.82, 2.24) is 9.73 Å². The van der Waals surface area contributed by atoms with E-state index in [4.69, 9.17) is 0 Å². The third kappa shape index (κ3) is 4.66. The Hall–Kier alpha value is -1.38. The van der Waals surface area contributed by atoms with Crippen LogP contribution in [0.25, 0.3) is 0 Å². The summed E-state index contributed by atoms with van der Waals surface area (Å²) in [5.74, 6) is 0.708. The minimum atomic E-state index is -3.39. The van der Waals surface area contributed by atoms with Gasteiger partial charge in [-0.05, 0) is 51.3 Å². The van der Waals surface area contributed by atoms with Crippen molar-refractivity contribution in [3.05, 3.63) is 29.8 Å². The molecule has 0 spiro atoms. The molecule has 8 heteroatoms. The first-order chi connectivity index (χ1) is 12.3. The maximum atomic E-state index is 12.7. The summed E-state index contributed by atoms with van der Waals surface area (Å²) in [6.07, 6.45) is 2.99. The van der Waals surface area contributed by atoms with Gasteiger partial charge in [-0.1, -0.05) is 30.3 Å². The van der Waals surface area contributed by atoms with E-state index in [1.54, 1.807) is 28.2 Å². The number of thioether (sulfide) groups is 1. The van der Waals surface area contributed by atoms with Crippen molar-refractivity contribution in [2.45, 2.75) is 50.5 Å². The van der Waals surface area contributed by atoms with E-state index in [-0.39, 0.29) is 5.54 Å². The van der Waals surface area contributed by atoms with Gasteiger partial charge in [-0.15, -0.1) is 0 Å². The molecule has 1 fully saturated rings. The first-order valence-electron chi connectivity index (χ1n) is 8.91. The lowest BCUT2D eigenvalue weighted by Gasteiger charge is -2.26. The minimum Gasteiger partial charge on any atom is -0.256 e. The van der Waals surface area contributed by atoms with E-state index in [0.717, 1.165) is 35.7 Å². The van der Waals surface area contributed by atoms with Crippen LogP contribution in [0.2, 0.25) is 0 Å². The van der Waals surface area contributed by atoms with E-state index in [1.807, 2.05) is 32.9 Å². The summed E-state index contributed by atoms with van der Waals surface area (Å²) >= 11 is 1.61. The van der Waals surface area contributed by atoms with Crippen LogP contribution >= 0.6 is 11.8 Å². The Morgan fingerprint density at radius 2 is 1.77 bits per heavy atom. The topological polar surface area (TPSA) is 74.1 Å². The third-order valence-corrected chi connectivity index (χ3v) is 7.00. The van der Waals surface area contributed by atoms with Crippen molar-refractivity contribution in [2.75, 3.05) is 18.8 Å². The van der Waals surface area contributed by atoms with Gasteiger partial charge in [-0.2, -0.15) is 9.41 Å². The van der Waals surface area contributed by atoms with Gasteiger partial charge in [-0.25, -0.2) is 8.42 Å². The molecular weight excluding hydrogens is 368 g/mol. The summed E-state index contributed by atoms with van der Waals surface area (Å²) in [5, 5.41) is 5.21. The molecule has 1 saturated heterocycles. The van der Waals surface area contributed by atoms with Crippen LogP contribution in [0.1, 0.15) is 45.6 Å². The molecule has 0 unspecified atom stereocenters. The van der Waals surface area contributed by atoms with E-state index in [9.17, 15) is 8.42 Å². The Kier molecular flexibility index (Phi) is 5.74. The number of amidine groups is 1. The molecule has 1 N–H and O–H groups in total. The largest absolute Gasteiger partial charge is 0.256 e. The smallest absolute Gasteiger partial charge is 0.243 e. The molecule has 1 aromatic carbocycles. The molecule has 3 rings (SSSR count). The molecule has 0 atom stereocenters. The number of nitrogens with zero attached hydrogens (tertiary/aromatic N) is 3. The lowest BCUT2D eigenvalue weighted by Crippen LogP contribution is -2.35. The minimum absolute atomic E-state index is 0.146. The third-order valence-electron chi connectivity index (χ3n) is 4.21. The number of sulfonamides is 1. The second kappa shape index (κ2) is 7.70. The Balaban J connectivity index is 1.73. The van der Waals surface area contributed by atoms with Gasteiger partial charge >= 0.3 is 0 Å². The summed E-state index contributed by atoms with van der Waals surface area (Å²) in [4.78, 5) is 4.93. The summed E-state index contributed by atoms with van der Waals surface area (Å²) in [5.41, 5.74) is 4.67. The van der Waals surface area contributed by atoms with Gasteiger partial charge in [0.2, 0.25) is 10.0 Å². The lowest BCUT2D eigenvalue weighted by molar-refractivity contribution is 0.346. The van der Waals surface area contributed by atoms with Crippen LogP contribution in [0.4, 0.5) is 0 Å². The maximum Gasteiger partial charge on any atom is 0.243 e. The van der Waals surface area contributed by atoms with Crippen molar-refractivity contribution in [2.24, 2.45) is 10.1 Å². The number of aliphatic imine (C=N–C) groups is 1. The van der Waals surface area contributed by atoms with Crippen LogP contribution in [0.5, 0.6) is 0 Å². The highest BCUT2D eigenvalue weighted by molar-refractivity contribution is 8.14. The van der Waals surface area contributed by atoms with Crippen molar-refractivity contribution in [1.29, 1.82) is 0 Å². The lowest BCUT2D eigenvalue weighted by atomic mass is 10.1. The molecule has 0 aliphatic carbocycles.